The van der Waals surface area contributed by atoms with Crippen LogP contribution in [0.3, 0.4) is 0 Å². The third-order valence-corrected chi connectivity index (χ3v) is 7.00. The molecule has 10 heteroatoms. The number of carbonyl (C=O) groups excluding carboxylic acids is 1. The van der Waals surface area contributed by atoms with Gasteiger partial charge in [0.2, 0.25) is 6.41 Å². The van der Waals surface area contributed by atoms with Crippen LogP contribution >= 0.6 is 39.1 Å². The number of piperazine rings is 1. The van der Waals surface area contributed by atoms with Crippen molar-refractivity contribution >= 4 is 51.2 Å². The number of aromatic nitrogens is 1. The fraction of sp³-hybridized carbons (Fsp3) is 0.500. The van der Waals surface area contributed by atoms with Crippen LogP contribution in [0.4, 0.5) is 5.69 Å². The number of nitrogens with zero attached hydrogens (tertiary/aromatic N) is 3. The highest BCUT2D eigenvalue weighted by molar-refractivity contribution is 9.10. The summed E-state index contributed by atoms with van der Waals surface area (Å²) in [5.74, 6) is 1.05. The van der Waals surface area contributed by atoms with Crippen molar-refractivity contribution in [3.8, 4) is 5.75 Å². The van der Waals surface area contributed by atoms with Crippen LogP contribution < -0.4 is 15.4 Å². The third-order valence-electron chi connectivity index (χ3n) is 6.12. The van der Waals surface area contributed by atoms with E-state index in [4.69, 9.17) is 27.9 Å². The summed E-state index contributed by atoms with van der Waals surface area (Å²) < 4.78 is 7.08. The Kier molecular flexibility index (Phi) is 10.9. The SMILES string of the molecule is CC1CNCCN1CCCN(C)C1COc2ccc(Br)cc2C1.O=CNc1cc(Cl)nc(Cl)c1. The zero-order valence-corrected chi connectivity index (χ0v) is 22.7. The fourth-order valence-electron chi connectivity index (χ4n) is 4.17. The van der Waals surface area contributed by atoms with Crippen molar-refractivity contribution in [2.45, 2.75) is 31.8 Å². The van der Waals surface area contributed by atoms with Gasteiger partial charge in [-0.15, -0.1) is 0 Å². The summed E-state index contributed by atoms with van der Waals surface area (Å²) in [5.41, 5.74) is 1.85. The number of carbonyl (C=O) groups is 1. The number of ether oxygens (including phenoxy) is 1. The zero-order valence-electron chi connectivity index (χ0n) is 19.6. The lowest BCUT2D eigenvalue weighted by atomic mass is 10.0. The van der Waals surface area contributed by atoms with Gasteiger partial charge in [-0.1, -0.05) is 39.1 Å². The number of halogens is 3. The van der Waals surface area contributed by atoms with Crippen molar-refractivity contribution < 1.29 is 9.53 Å². The van der Waals surface area contributed by atoms with Gasteiger partial charge in [-0.05, 0) is 75.8 Å². The molecule has 2 unspecified atom stereocenters. The Morgan fingerprint density at radius 1 is 1.32 bits per heavy atom. The first-order valence-corrected chi connectivity index (χ1v) is 13.0. The minimum Gasteiger partial charge on any atom is -0.492 e. The van der Waals surface area contributed by atoms with Crippen LogP contribution in [0.25, 0.3) is 0 Å². The number of amides is 1. The Hall–Kier alpha value is -1.42. The molecule has 4 rings (SSSR count). The number of likely N-dealkylation sites (N-methyl/N-ethyl adjacent to an activating group) is 1. The largest absolute Gasteiger partial charge is 0.492 e. The summed E-state index contributed by atoms with van der Waals surface area (Å²) in [4.78, 5) is 18.7. The molecule has 3 heterocycles. The third kappa shape index (κ3) is 8.36. The van der Waals surface area contributed by atoms with Gasteiger partial charge >= 0.3 is 0 Å². The lowest BCUT2D eigenvalue weighted by molar-refractivity contribution is -0.105. The number of pyridine rings is 1. The summed E-state index contributed by atoms with van der Waals surface area (Å²) in [6, 6.07) is 10.5. The van der Waals surface area contributed by atoms with E-state index < -0.39 is 0 Å². The molecule has 1 fully saturated rings. The second kappa shape index (κ2) is 13.6. The van der Waals surface area contributed by atoms with Crippen molar-refractivity contribution in [2.75, 3.05) is 51.7 Å². The smallest absolute Gasteiger partial charge is 0.211 e. The Labute approximate surface area is 220 Å². The summed E-state index contributed by atoms with van der Waals surface area (Å²) in [7, 11) is 2.23. The van der Waals surface area contributed by atoms with Crippen LogP contribution in [-0.2, 0) is 11.2 Å². The van der Waals surface area contributed by atoms with E-state index in [0.29, 0.717) is 24.2 Å². The minimum absolute atomic E-state index is 0.252. The van der Waals surface area contributed by atoms with Crippen LogP contribution in [-0.4, -0.2) is 79.7 Å². The molecule has 1 amide bonds. The van der Waals surface area contributed by atoms with Gasteiger partial charge in [0.05, 0.1) is 0 Å². The lowest BCUT2D eigenvalue weighted by Crippen LogP contribution is -2.50. The predicted octanol–water partition coefficient (Wildman–Crippen LogP) is 4.32. The number of benzene rings is 1. The van der Waals surface area contributed by atoms with E-state index in [2.05, 4.69) is 73.5 Å². The van der Waals surface area contributed by atoms with Crippen LogP contribution in [0, 0.1) is 0 Å². The average molecular weight is 573 g/mol. The minimum atomic E-state index is 0.252. The number of nitrogens with one attached hydrogen (secondary N) is 2. The molecule has 1 aromatic heterocycles. The second-order valence-electron chi connectivity index (χ2n) is 8.61. The molecule has 1 saturated heterocycles. The first-order chi connectivity index (χ1) is 16.4. The molecule has 2 aromatic rings. The topological polar surface area (TPSA) is 69.7 Å². The van der Waals surface area contributed by atoms with E-state index >= 15 is 0 Å². The highest BCUT2D eigenvalue weighted by Crippen LogP contribution is 2.29. The second-order valence-corrected chi connectivity index (χ2v) is 10.3. The van der Waals surface area contributed by atoms with Crippen LogP contribution in [0.1, 0.15) is 18.9 Å². The van der Waals surface area contributed by atoms with Crippen molar-refractivity contribution in [2.24, 2.45) is 0 Å². The number of hydrogen-bond donors (Lipinski definition) is 2. The maximum atomic E-state index is 9.98. The molecular weight excluding hydrogens is 541 g/mol. The molecule has 2 atom stereocenters. The maximum Gasteiger partial charge on any atom is 0.211 e. The van der Waals surface area contributed by atoms with Crippen molar-refractivity contribution in [1.29, 1.82) is 0 Å². The lowest BCUT2D eigenvalue weighted by Gasteiger charge is -2.35. The Bertz CT molecular complexity index is 931. The summed E-state index contributed by atoms with van der Waals surface area (Å²) in [6.45, 7) is 8.88. The van der Waals surface area contributed by atoms with E-state index in [9.17, 15) is 4.79 Å². The first kappa shape index (κ1) is 27.2. The monoisotopic (exact) mass is 571 g/mol. The average Bonchev–Trinajstić information content (AvgIpc) is 2.80. The molecule has 0 saturated carbocycles. The van der Waals surface area contributed by atoms with E-state index in [0.717, 1.165) is 42.9 Å². The number of rotatable bonds is 7. The fourth-order valence-corrected chi connectivity index (χ4v) is 5.04. The van der Waals surface area contributed by atoms with Crippen molar-refractivity contribution in [3.05, 3.63) is 50.7 Å². The van der Waals surface area contributed by atoms with E-state index in [1.54, 1.807) is 0 Å². The van der Waals surface area contributed by atoms with E-state index in [-0.39, 0.29) is 10.3 Å². The maximum absolute atomic E-state index is 9.98. The molecule has 2 aliphatic rings. The van der Waals surface area contributed by atoms with Gasteiger partial charge in [0.15, 0.2) is 0 Å². The normalized spacial score (nSPS) is 20.1. The van der Waals surface area contributed by atoms with Gasteiger partial charge in [-0.2, -0.15) is 0 Å². The van der Waals surface area contributed by atoms with Gasteiger partial charge in [0.25, 0.3) is 0 Å². The summed E-state index contributed by atoms with van der Waals surface area (Å²) in [5, 5.41) is 6.36. The Balaban J connectivity index is 0.000000248. The quantitative estimate of drug-likeness (QED) is 0.380. The van der Waals surface area contributed by atoms with Crippen LogP contribution in [0.15, 0.2) is 34.8 Å². The molecule has 34 heavy (non-hydrogen) atoms. The zero-order chi connectivity index (χ0) is 24.5. The Morgan fingerprint density at radius 2 is 2.09 bits per heavy atom. The standard InChI is InChI=1S/C18H28BrN3O.C6H4Cl2N2O/c1-14-12-20-6-9-22(14)8-3-7-21(2)17-11-15-10-16(19)4-5-18(15)23-13-17;7-5-1-4(9-3-11)2-6(8)10-5/h4-5,10,14,17,20H,3,6-9,11-13H2,1-2H3;1-3H,(H,9,10,11). The predicted molar refractivity (Wildman–Crippen MR) is 142 cm³/mol. The first-order valence-electron chi connectivity index (χ1n) is 11.4. The van der Waals surface area contributed by atoms with Gasteiger partial charge in [0, 0.05) is 41.9 Å². The molecule has 2 aliphatic heterocycles. The summed E-state index contributed by atoms with van der Waals surface area (Å²) >= 11 is 14.6. The molecule has 0 spiro atoms. The van der Waals surface area contributed by atoms with Crippen molar-refractivity contribution in [3.63, 3.8) is 0 Å². The molecule has 7 nitrogen and oxygen atoms in total. The van der Waals surface area contributed by atoms with Gasteiger partial charge in [-0.25, -0.2) is 4.98 Å². The highest BCUT2D eigenvalue weighted by atomic mass is 79.9. The van der Waals surface area contributed by atoms with Crippen LogP contribution in [0.5, 0.6) is 5.75 Å². The van der Waals surface area contributed by atoms with E-state index in [1.807, 2.05) is 0 Å². The molecule has 0 bridgehead atoms. The van der Waals surface area contributed by atoms with E-state index in [1.165, 1.54) is 37.2 Å². The summed E-state index contributed by atoms with van der Waals surface area (Å²) in [6.07, 6.45) is 2.85. The molecule has 0 aliphatic carbocycles. The molecule has 186 valence electrons. The van der Waals surface area contributed by atoms with Gasteiger partial charge in [-0.3, -0.25) is 14.6 Å². The molecule has 1 aromatic carbocycles. The highest BCUT2D eigenvalue weighted by Gasteiger charge is 2.24. The number of fused-ring (bicyclic) bond motifs is 1. The molecular formula is C24H32BrCl2N5O2. The number of hydrogen-bond acceptors (Lipinski definition) is 6. The van der Waals surface area contributed by atoms with Gasteiger partial charge < -0.3 is 15.4 Å². The van der Waals surface area contributed by atoms with Crippen molar-refractivity contribution in [1.82, 2.24) is 20.1 Å². The Morgan fingerprint density at radius 3 is 2.79 bits per heavy atom. The van der Waals surface area contributed by atoms with Gasteiger partial charge in [0.1, 0.15) is 22.7 Å². The molecule has 2 N–H and O–H groups in total. The number of anilines is 1. The van der Waals surface area contributed by atoms with Crippen LogP contribution in [0.2, 0.25) is 10.3 Å². The molecule has 0 radical (unpaired) electrons.